The lowest BCUT2D eigenvalue weighted by Gasteiger charge is -2.19. The van der Waals surface area contributed by atoms with E-state index < -0.39 is 0 Å². The Hall–Kier alpha value is -0.540. The van der Waals surface area contributed by atoms with Crippen LogP contribution in [0.5, 0.6) is 5.75 Å². The number of benzene rings is 1. The second kappa shape index (κ2) is 5.22. The molecule has 0 bridgehead atoms. The van der Waals surface area contributed by atoms with Crippen LogP contribution >= 0.6 is 15.9 Å². The Balaban J connectivity index is 2.14. The van der Waals surface area contributed by atoms with Crippen LogP contribution in [0.2, 0.25) is 0 Å². The van der Waals surface area contributed by atoms with Gasteiger partial charge in [-0.15, -0.1) is 0 Å². The molecule has 1 aromatic rings. The van der Waals surface area contributed by atoms with E-state index in [1.807, 2.05) is 12.1 Å². The third-order valence-electron chi connectivity index (χ3n) is 4.13. The molecule has 1 saturated carbocycles. The number of nitrogens with one attached hydrogen (secondary N) is 1. The first-order chi connectivity index (χ1) is 8.47. The van der Waals surface area contributed by atoms with Gasteiger partial charge in [-0.3, -0.25) is 0 Å². The first-order valence-corrected chi connectivity index (χ1v) is 7.27. The highest BCUT2D eigenvalue weighted by Crippen LogP contribution is 2.54. The van der Waals surface area contributed by atoms with Crippen molar-refractivity contribution in [2.75, 3.05) is 14.2 Å². The van der Waals surface area contributed by atoms with Crippen LogP contribution in [0.3, 0.4) is 0 Å². The lowest BCUT2D eigenvalue weighted by molar-refractivity contribution is 0.393. The Labute approximate surface area is 118 Å². The van der Waals surface area contributed by atoms with Crippen LogP contribution in [0, 0.1) is 11.3 Å². The summed E-state index contributed by atoms with van der Waals surface area (Å²) < 4.78 is 6.56. The summed E-state index contributed by atoms with van der Waals surface area (Å²) in [4.78, 5) is 0. The normalized spacial score (nSPS) is 22.6. The Kier molecular flexibility index (Phi) is 4.02. The number of hydrogen-bond acceptors (Lipinski definition) is 2. The van der Waals surface area contributed by atoms with E-state index in [0.29, 0.717) is 11.5 Å². The molecule has 18 heavy (non-hydrogen) atoms. The van der Waals surface area contributed by atoms with Crippen molar-refractivity contribution in [1.29, 1.82) is 0 Å². The Morgan fingerprint density at radius 2 is 2.17 bits per heavy atom. The van der Waals surface area contributed by atoms with Gasteiger partial charge in [-0.25, -0.2) is 0 Å². The van der Waals surface area contributed by atoms with Crippen LogP contribution < -0.4 is 10.1 Å². The lowest BCUT2D eigenvalue weighted by Crippen LogP contribution is -2.31. The average molecular weight is 312 g/mol. The summed E-state index contributed by atoms with van der Waals surface area (Å²) in [6.07, 6.45) is 2.34. The van der Waals surface area contributed by atoms with E-state index >= 15 is 0 Å². The van der Waals surface area contributed by atoms with Crippen LogP contribution in [0.4, 0.5) is 0 Å². The molecular formula is C15H22BrNO. The van der Waals surface area contributed by atoms with Gasteiger partial charge in [-0.05, 0) is 55.0 Å². The van der Waals surface area contributed by atoms with Gasteiger partial charge in [0, 0.05) is 10.5 Å². The highest BCUT2D eigenvalue weighted by Gasteiger charge is 2.49. The molecule has 0 aliphatic heterocycles. The molecule has 0 radical (unpaired) electrons. The van der Waals surface area contributed by atoms with Gasteiger partial charge < -0.3 is 10.1 Å². The van der Waals surface area contributed by atoms with Gasteiger partial charge in [0.15, 0.2) is 0 Å². The Morgan fingerprint density at radius 1 is 1.50 bits per heavy atom. The van der Waals surface area contributed by atoms with Crippen molar-refractivity contribution in [3.8, 4) is 5.75 Å². The van der Waals surface area contributed by atoms with E-state index in [-0.39, 0.29) is 0 Å². The maximum Gasteiger partial charge on any atom is 0.122 e. The fourth-order valence-corrected chi connectivity index (χ4v) is 3.19. The van der Waals surface area contributed by atoms with Crippen molar-refractivity contribution in [3.05, 3.63) is 28.2 Å². The molecule has 0 aromatic heterocycles. The summed E-state index contributed by atoms with van der Waals surface area (Å²) in [6, 6.07) is 6.75. The number of halogens is 1. The van der Waals surface area contributed by atoms with E-state index in [4.69, 9.17) is 4.74 Å². The predicted molar refractivity (Wildman–Crippen MR) is 79.1 cm³/mol. The van der Waals surface area contributed by atoms with E-state index in [2.05, 4.69) is 48.2 Å². The number of hydrogen-bond donors (Lipinski definition) is 1. The molecule has 100 valence electrons. The lowest BCUT2D eigenvalue weighted by atomic mass is 9.97. The summed E-state index contributed by atoms with van der Waals surface area (Å²) in [5.41, 5.74) is 1.77. The molecule has 0 spiro atoms. The van der Waals surface area contributed by atoms with Crippen molar-refractivity contribution in [2.24, 2.45) is 11.3 Å². The molecule has 2 unspecified atom stereocenters. The van der Waals surface area contributed by atoms with Gasteiger partial charge >= 0.3 is 0 Å². The molecule has 2 nitrogen and oxygen atoms in total. The topological polar surface area (TPSA) is 21.3 Å². The maximum atomic E-state index is 5.45. The van der Waals surface area contributed by atoms with Crippen molar-refractivity contribution in [1.82, 2.24) is 5.32 Å². The summed E-state index contributed by atoms with van der Waals surface area (Å²) in [7, 11) is 3.80. The molecule has 2 atom stereocenters. The summed E-state index contributed by atoms with van der Waals surface area (Å²) in [5, 5.41) is 3.47. The zero-order valence-electron chi connectivity index (χ0n) is 11.6. The fourth-order valence-electron chi connectivity index (χ4n) is 2.78. The zero-order valence-corrected chi connectivity index (χ0v) is 13.2. The third-order valence-corrected chi connectivity index (χ3v) is 4.62. The van der Waals surface area contributed by atoms with E-state index in [9.17, 15) is 0 Å². The SMILES string of the molecule is CNC(Cc1cc(Br)ccc1OC)C1CC1(C)C. The largest absolute Gasteiger partial charge is 0.496 e. The highest BCUT2D eigenvalue weighted by molar-refractivity contribution is 9.10. The molecule has 0 heterocycles. The summed E-state index contributed by atoms with van der Waals surface area (Å²) >= 11 is 3.54. The van der Waals surface area contributed by atoms with E-state index in [1.165, 1.54) is 12.0 Å². The number of ether oxygens (including phenoxy) is 1. The summed E-state index contributed by atoms with van der Waals surface area (Å²) in [6.45, 7) is 4.69. The average Bonchev–Trinajstić information content (AvgIpc) is 2.95. The molecule has 2 rings (SSSR count). The molecule has 1 aliphatic carbocycles. The van der Waals surface area contributed by atoms with Crippen LogP contribution in [0.1, 0.15) is 25.8 Å². The number of rotatable bonds is 5. The third kappa shape index (κ3) is 2.89. The van der Waals surface area contributed by atoms with Crippen molar-refractivity contribution in [3.63, 3.8) is 0 Å². The van der Waals surface area contributed by atoms with Gasteiger partial charge in [-0.1, -0.05) is 29.8 Å². The van der Waals surface area contributed by atoms with Gasteiger partial charge in [-0.2, -0.15) is 0 Å². The minimum Gasteiger partial charge on any atom is -0.496 e. The van der Waals surface area contributed by atoms with Gasteiger partial charge in [0.2, 0.25) is 0 Å². The van der Waals surface area contributed by atoms with Crippen LogP contribution in [0.25, 0.3) is 0 Å². The Bertz CT molecular complexity index is 431. The minimum absolute atomic E-state index is 0.493. The van der Waals surface area contributed by atoms with Crippen LogP contribution in [0.15, 0.2) is 22.7 Å². The van der Waals surface area contributed by atoms with Crippen LogP contribution in [-0.2, 0) is 6.42 Å². The molecule has 0 amide bonds. The quantitative estimate of drug-likeness (QED) is 0.896. The minimum atomic E-state index is 0.493. The number of likely N-dealkylation sites (N-methyl/N-ethyl adjacent to an activating group) is 1. The predicted octanol–water partition coefficient (Wildman–Crippen LogP) is 3.63. The molecule has 0 saturated heterocycles. The molecule has 3 heteroatoms. The van der Waals surface area contributed by atoms with Crippen molar-refractivity contribution >= 4 is 15.9 Å². The van der Waals surface area contributed by atoms with Gasteiger partial charge in [0.05, 0.1) is 7.11 Å². The Morgan fingerprint density at radius 3 is 2.67 bits per heavy atom. The van der Waals surface area contributed by atoms with Crippen molar-refractivity contribution < 1.29 is 4.74 Å². The van der Waals surface area contributed by atoms with E-state index in [0.717, 1.165) is 22.6 Å². The van der Waals surface area contributed by atoms with Gasteiger partial charge in [0.1, 0.15) is 5.75 Å². The molecule has 1 N–H and O–H groups in total. The molecular weight excluding hydrogens is 290 g/mol. The molecule has 1 fully saturated rings. The fraction of sp³-hybridized carbons (Fsp3) is 0.600. The monoisotopic (exact) mass is 311 g/mol. The molecule has 1 aromatic carbocycles. The first kappa shape index (κ1) is 13.9. The second-order valence-corrected chi connectivity index (χ2v) is 6.77. The number of methoxy groups -OCH3 is 1. The first-order valence-electron chi connectivity index (χ1n) is 6.47. The second-order valence-electron chi connectivity index (χ2n) is 5.85. The van der Waals surface area contributed by atoms with Crippen molar-refractivity contribution in [2.45, 2.75) is 32.7 Å². The highest BCUT2D eigenvalue weighted by atomic mass is 79.9. The van der Waals surface area contributed by atoms with Gasteiger partial charge in [0.25, 0.3) is 0 Å². The van der Waals surface area contributed by atoms with E-state index in [1.54, 1.807) is 7.11 Å². The summed E-state index contributed by atoms with van der Waals surface area (Å²) in [5.74, 6) is 1.75. The molecule has 1 aliphatic rings. The van der Waals surface area contributed by atoms with Crippen LogP contribution in [-0.4, -0.2) is 20.2 Å². The standard InChI is InChI=1S/C15H22BrNO/c1-15(2)9-12(15)13(17-3)8-10-7-11(16)5-6-14(10)18-4/h5-7,12-13,17H,8-9H2,1-4H3. The maximum absolute atomic E-state index is 5.45. The zero-order chi connectivity index (χ0) is 13.3. The smallest absolute Gasteiger partial charge is 0.122 e.